The molecule has 0 saturated heterocycles. The van der Waals surface area contributed by atoms with Crippen LogP contribution in [0.1, 0.15) is 6.92 Å². The first-order valence-electron chi connectivity index (χ1n) is 2.82. The van der Waals surface area contributed by atoms with E-state index in [0.29, 0.717) is 0 Å². The molecule has 0 aliphatic rings. The molecule has 0 saturated carbocycles. The third-order valence-corrected chi connectivity index (χ3v) is 0.879. The van der Waals surface area contributed by atoms with Crippen molar-refractivity contribution in [2.24, 2.45) is 0 Å². The van der Waals surface area contributed by atoms with Crippen LogP contribution in [0.2, 0.25) is 0 Å². The Bertz CT molecular complexity index is 192. The number of nitro groups is 1. The molecule has 0 heterocycles. The molecule has 0 aromatic carbocycles. The molecule has 0 atom stereocenters. The fourth-order valence-electron chi connectivity index (χ4n) is 0.398. The predicted molar refractivity (Wildman–Crippen MR) is 40.1 cm³/mol. The molecule has 10 heavy (non-hydrogen) atoms. The molecule has 0 aliphatic carbocycles. The topological polar surface area (TPSA) is 43.1 Å². The molecule has 54 valence electrons. The third kappa shape index (κ3) is 2.81. The van der Waals surface area contributed by atoms with Gasteiger partial charge in [-0.05, 0) is 6.92 Å². The molecule has 3 heteroatoms. The van der Waals surface area contributed by atoms with E-state index < -0.39 is 4.92 Å². The van der Waals surface area contributed by atoms with Gasteiger partial charge in [0.05, 0.1) is 4.92 Å². The molecule has 0 aromatic rings. The van der Waals surface area contributed by atoms with E-state index >= 15 is 0 Å². The summed E-state index contributed by atoms with van der Waals surface area (Å²) in [6.45, 7) is 5.08. The highest BCUT2D eigenvalue weighted by molar-refractivity contribution is 5.14. The Morgan fingerprint density at radius 2 is 2.30 bits per heavy atom. The van der Waals surface area contributed by atoms with Gasteiger partial charge in [0.25, 0.3) is 5.70 Å². The fraction of sp³-hybridized carbons (Fsp3) is 0.143. The van der Waals surface area contributed by atoms with Gasteiger partial charge in [-0.1, -0.05) is 18.7 Å². The minimum atomic E-state index is -0.479. The van der Waals surface area contributed by atoms with Crippen molar-refractivity contribution in [1.29, 1.82) is 0 Å². The van der Waals surface area contributed by atoms with Crippen LogP contribution in [0.25, 0.3) is 0 Å². The first kappa shape index (κ1) is 8.62. The van der Waals surface area contributed by atoms with Crippen LogP contribution >= 0.6 is 0 Å². The van der Waals surface area contributed by atoms with Crippen LogP contribution in [0.5, 0.6) is 0 Å². The summed E-state index contributed by atoms with van der Waals surface area (Å²) in [5.74, 6) is 0. The van der Waals surface area contributed by atoms with E-state index in [1.54, 1.807) is 19.1 Å². The van der Waals surface area contributed by atoms with Crippen molar-refractivity contribution in [2.45, 2.75) is 6.92 Å². The molecule has 0 bridgehead atoms. The van der Waals surface area contributed by atoms with E-state index in [2.05, 4.69) is 6.58 Å². The summed E-state index contributed by atoms with van der Waals surface area (Å²) in [4.78, 5) is 9.59. The molecule has 0 aromatic heterocycles. The quantitative estimate of drug-likeness (QED) is 0.340. The van der Waals surface area contributed by atoms with Gasteiger partial charge < -0.3 is 0 Å². The van der Waals surface area contributed by atoms with Crippen molar-refractivity contribution >= 4 is 0 Å². The highest BCUT2D eigenvalue weighted by Gasteiger charge is 2.00. The number of hydrogen-bond acceptors (Lipinski definition) is 2. The molecule has 0 radical (unpaired) electrons. The lowest BCUT2D eigenvalue weighted by Gasteiger charge is -1.85. The minimum absolute atomic E-state index is 0.0121. The first-order chi connectivity index (χ1) is 4.72. The summed E-state index contributed by atoms with van der Waals surface area (Å²) in [5.41, 5.74) is 0.0121. The fourth-order valence-corrected chi connectivity index (χ4v) is 0.398. The molecule has 0 unspecified atom stereocenters. The number of hydrogen-bond donors (Lipinski definition) is 0. The van der Waals surface area contributed by atoms with Crippen molar-refractivity contribution in [3.05, 3.63) is 46.7 Å². The maximum absolute atomic E-state index is 10.1. The smallest absolute Gasteiger partial charge is 0.258 e. The summed E-state index contributed by atoms with van der Waals surface area (Å²) in [6.07, 6.45) is 5.92. The van der Waals surface area contributed by atoms with Gasteiger partial charge in [0, 0.05) is 12.2 Å². The average molecular weight is 139 g/mol. The average Bonchev–Trinajstić information content (AvgIpc) is 1.89. The molecule has 0 fully saturated rings. The van der Waals surface area contributed by atoms with E-state index in [-0.39, 0.29) is 5.70 Å². The Morgan fingerprint density at radius 1 is 1.70 bits per heavy atom. The van der Waals surface area contributed by atoms with Gasteiger partial charge >= 0.3 is 0 Å². The Morgan fingerprint density at radius 3 is 2.60 bits per heavy atom. The molecule has 0 spiro atoms. The van der Waals surface area contributed by atoms with Gasteiger partial charge in [-0.15, -0.1) is 0 Å². The number of nitrogens with zero attached hydrogens (tertiary/aromatic N) is 1. The number of allylic oxidation sites excluding steroid dienone is 4. The molecule has 0 aliphatic heterocycles. The Labute approximate surface area is 59.5 Å². The maximum Gasteiger partial charge on any atom is 0.268 e. The van der Waals surface area contributed by atoms with Crippen LogP contribution < -0.4 is 0 Å². The van der Waals surface area contributed by atoms with Crippen LogP contribution in [0.4, 0.5) is 0 Å². The summed E-state index contributed by atoms with van der Waals surface area (Å²) in [7, 11) is 0. The lowest BCUT2D eigenvalue weighted by Crippen LogP contribution is -1.93. The monoisotopic (exact) mass is 139 g/mol. The van der Waals surface area contributed by atoms with Crippen molar-refractivity contribution in [3.63, 3.8) is 0 Å². The normalized spacial score (nSPS) is 11.9. The van der Waals surface area contributed by atoms with Gasteiger partial charge in [-0.2, -0.15) is 0 Å². The zero-order valence-electron chi connectivity index (χ0n) is 5.78. The molecular weight excluding hydrogens is 130 g/mol. The molecule has 3 nitrogen and oxygen atoms in total. The van der Waals surface area contributed by atoms with Crippen molar-refractivity contribution in [3.8, 4) is 0 Å². The minimum Gasteiger partial charge on any atom is -0.258 e. The summed E-state index contributed by atoms with van der Waals surface area (Å²) in [6, 6.07) is 0. The van der Waals surface area contributed by atoms with Crippen LogP contribution in [-0.4, -0.2) is 4.92 Å². The van der Waals surface area contributed by atoms with E-state index in [1.165, 1.54) is 12.2 Å². The van der Waals surface area contributed by atoms with Crippen molar-refractivity contribution in [2.75, 3.05) is 0 Å². The predicted octanol–water partition coefficient (Wildman–Crippen LogP) is 1.91. The standard InChI is InChI=1S/C7H9NO2/c1-3-5-6-7(4-2)8(9)10/h3-6H,2H2,1H3/b5-3-,7-6+. The summed E-state index contributed by atoms with van der Waals surface area (Å²) < 4.78 is 0. The Kier molecular flexibility index (Phi) is 3.87. The highest BCUT2D eigenvalue weighted by Crippen LogP contribution is 1.95. The van der Waals surface area contributed by atoms with Crippen LogP contribution in [0.15, 0.2) is 36.6 Å². The van der Waals surface area contributed by atoms with Gasteiger partial charge in [0.15, 0.2) is 0 Å². The lowest BCUT2D eigenvalue weighted by atomic mass is 10.4. The molecule has 0 N–H and O–H groups in total. The molecule has 0 rings (SSSR count). The summed E-state index contributed by atoms with van der Waals surface area (Å²) in [5, 5.41) is 10.1. The van der Waals surface area contributed by atoms with E-state index in [0.717, 1.165) is 0 Å². The van der Waals surface area contributed by atoms with Crippen molar-refractivity contribution < 1.29 is 4.92 Å². The van der Waals surface area contributed by atoms with Crippen LogP contribution in [0, 0.1) is 10.1 Å². The van der Waals surface area contributed by atoms with Gasteiger partial charge in [-0.3, -0.25) is 10.1 Å². The zero-order chi connectivity index (χ0) is 7.98. The van der Waals surface area contributed by atoms with Crippen molar-refractivity contribution in [1.82, 2.24) is 0 Å². The Hall–Kier alpha value is -1.38. The summed E-state index contributed by atoms with van der Waals surface area (Å²) >= 11 is 0. The van der Waals surface area contributed by atoms with E-state index in [4.69, 9.17) is 0 Å². The Balaban J connectivity index is 4.33. The van der Waals surface area contributed by atoms with Gasteiger partial charge in [0.1, 0.15) is 0 Å². The van der Waals surface area contributed by atoms with E-state index in [1.807, 2.05) is 0 Å². The second kappa shape index (κ2) is 4.49. The van der Waals surface area contributed by atoms with Crippen LogP contribution in [0.3, 0.4) is 0 Å². The van der Waals surface area contributed by atoms with Gasteiger partial charge in [0.2, 0.25) is 0 Å². The number of rotatable bonds is 3. The molecule has 0 amide bonds. The van der Waals surface area contributed by atoms with Crippen LogP contribution in [-0.2, 0) is 0 Å². The highest BCUT2D eigenvalue weighted by atomic mass is 16.6. The largest absolute Gasteiger partial charge is 0.268 e. The third-order valence-electron chi connectivity index (χ3n) is 0.879. The lowest BCUT2D eigenvalue weighted by molar-refractivity contribution is -0.418. The zero-order valence-corrected chi connectivity index (χ0v) is 5.78. The SMILES string of the molecule is C=C/C(=C\C=C/C)[N+](=O)[O-]. The second-order valence-corrected chi connectivity index (χ2v) is 1.58. The first-order valence-corrected chi connectivity index (χ1v) is 2.82. The maximum atomic E-state index is 10.1. The van der Waals surface area contributed by atoms with Gasteiger partial charge in [-0.25, -0.2) is 0 Å². The molecular formula is C7H9NO2. The second-order valence-electron chi connectivity index (χ2n) is 1.58. The van der Waals surface area contributed by atoms with E-state index in [9.17, 15) is 10.1 Å².